The summed E-state index contributed by atoms with van der Waals surface area (Å²) >= 11 is 4.76. The average Bonchev–Trinajstić information content (AvgIpc) is 3.18. The van der Waals surface area contributed by atoms with Gasteiger partial charge in [-0.15, -0.1) is 0 Å². The van der Waals surface area contributed by atoms with E-state index < -0.39 is 5.97 Å². The summed E-state index contributed by atoms with van der Waals surface area (Å²) in [6.07, 6.45) is 1.74. The fourth-order valence-electron chi connectivity index (χ4n) is 3.31. The molecule has 34 heavy (non-hydrogen) atoms. The SMILES string of the molecule is CCOC(=O)COc1cc(Br)c(C=C2SC(=Nc3cccc4ccccc34)NC2=O)cc1OC. The first-order chi connectivity index (χ1) is 16.5. The van der Waals surface area contributed by atoms with E-state index in [1.807, 2.05) is 42.5 Å². The predicted molar refractivity (Wildman–Crippen MR) is 138 cm³/mol. The minimum absolute atomic E-state index is 0.233. The van der Waals surface area contributed by atoms with Gasteiger partial charge in [0.1, 0.15) is 0 Å². The Morgan fingerprint density at radius 1 is 1.15 bits per heavy atom. The molecule has 1 N–H and O–H groups in total. The van der Waals surface area contributed by atoms with Crippen molar-refractivity contribution in [2.75, 3.05) is 20.3 Å². The zero-order valence-corrected chi connectivity index (χ0v) is 20.9. The van der Waals surface area contributed by atoms with Gasteiger partial charge in [-0.25, -0.2) is 9.79 Å². The van der Waals surface area contributed by atoms with E-state index in [0.717, 1.165) is 16.5 Å². The number of benzene rings is 3. The molecule has 174 valence electrons. The van der Waals surface area contributed by atoms with Gasteiger partial charge in [0, 0.05) is 9.86 Å². The van der Waals surface area contributed by atoms with E-state index >= 15 is 0 Å². The summed E-state index contributed by atoms with van der Waals surface area (Å²) in [5, 5.41) is 5.42. The summed E-state index contributed by atoms with van der Waals surface area (Å²) in [4.78, 5) is 29.4. The lowest BCUT2D eigenvalue weighted by Crippen LogP contribution is -2.19. The number of thioether (sulfide) groups is 1. The predicted octanol–water partition coefficient (Wildman–Crippen LogP) is 5.44. The minimum atomic E-state index is -0.469. The van der Waals surface area contributed by atoms with E-state index in [9.17, 15) is 9.59 Å². The normalized spacial score (nSPS) is 15.6. The second kappa shape index (κ2) is 10.8. The maximum absolute atomic E-state index is 12.6. The molecular formula is C25H21BrN2O5S. The van der Waals surface area contributed by atoms with Crippen molar-refractivity contribution in [2.45, 2.75) is 6.92 Å². The number of ether oxygens (including phenoxy) is 3. The van der Waals surface area contributed by atoms with Gasteiger partial charge in [-0.1, -0.05) is 52.3 Å². The highest BCUT2D eigenvalue weighted by atomic mass is 79.9. The molecule has 1 amide bonds. The molecule has 3 aromatic carbocycles. The van der Waals surface area contributed by atoms with Crippen LogP contribution in [-0.2, 0) is 14.3 Å². The molecule has 0 spiro atoms. The maximum Gasteiger partial charge on any atom is 0.344 e. The Balaban J connectivity index is 1.57. The summed E-state index contributed by atoms with van der Waals surface area (Å²) in [5.74, 6) is 0.0973. The molecule has 0 atom stereocenters. The van der Waals surface area contributed by atoms with Crippen molar-refractivity contribution < 1.29 is 23.8 Å². The lowest BCUT2D eigenvalue weighted by Gasteiger charge is -2.12. The highest BCUT2D eigenvalue weighted by Crippen LogP contribution is 2.37. The molecule has 1 aliphatic rings. The fourth-order valence-corrected chi connectivity index (χ4v) is 4.57. The Kier molecular flexibility index (Phi) is 7.54. The number of esters is 1. The lowest BCUT2D eigenvalue weighted by molar-refractivity contribution is -0.145. The Hall–Kier alpha value is -3.30. The van der Waals surface area contributed by atoms with Crippen LogP contribution >= 0.6 is 27.7 Å². The van der Waals surface area contributed by atoms with E-state index in [1.54, 1.807) is 25.1 Å². The van der Waals surface area contributed by atoms with Crippen molar-refractivity contribution in [1.82, 2.24) is 5.32 Å². The fraction of sp³-hybridized carbons (Fsp3) is 0.160. The van der Waals surface area contributed by atoms with E-state index in [-0.39, 0.29) is 19.1 Å². The number of nitrogens with zero attached hydrogens (tertiary/aromatic N) is 1. The van der Waals surface area contributed by atoms with E-state index in [1.165, 1.54) is 18.9 Å². The molecule has 0 aromatic heterocycles. The molecule has 1 heterocycles. The Morgan fingerprint density at radius 2 is 1.94 bits per heavy atom. The highest BCUT2D eigenvalue weighted by molar-refractivity contribution is 9.10. The number of amidine groups is 1. The third-order valence-electron chi connectivity index (χ3n) is 4.86. The number of hydrogen-bond acceptors (Lipinski definition) is 7. The zero-order chi connectivity index (χ0) is 24.1. The number of nitrogens with one attached hydrogen (secondary N) is 1. The molecule has 4 rings (SSSR count). The third kappa shape index (κ3) is 5.43. The molecule has 3 aromatic rings. The molecule has 0 unspecified atom stereocenters. The Bertz CT molecular complexity index is 1320. The molecule has 1 aliphatic heterocycles. The molecule has 1 saturated heterocycles. The largest absolute Gasteiger partial charge is 0.493 e. The van der Waals surface area contributed by atoms with E-state index in [0.29, 0.717) is 31.6 Å². The van der Waals surface area contributed by atoms with Gasteiger partial charge in [0.15, 0.2) is 23.3 Å². The average molecular weight is 541 g/mol. The van der Waals surface area contributed by atoms with Gasteiger partial charge in [0.05, 0.1) is 24.3 Å². The molecule has 7 nitrogen and oxygen atoms in total. The Morgan fingerprint density at radius 3 is 2.74 bits per heavy atom. The van der Waals surface area contributed by atoms with Crippen LogP contribution < -0.4 is 14.8 Å². The first-order valence-corrected chi connectivity index (χ1v) is 12.0. The number of amides is 1. The van der Waals surface area contributed by atoms with Crippen molar-refractivity contribution in [2.24, 2.45) is 4.99 Å². The van der Waals surface area contributed by atoms with Gasteiger partial charge in [-0.2, -0.15) is 0 Å². The zero-order valence-electron chi connectivity index (χ0n) is 18.5. The molecule has 0 bridgehead atoms. The van der Waals surface area contributed by atoms with Crippen LogP contribution in [0.25, 0.3) is 16.8 Å². The van der Waals surface area contributed by atoms with Crippen LogP contribution in [0.15, 0.2) is 69.0 Å². The molecule has 9 heteroatoms. The van der Waals surface area contributed by atoms with Gasteiger partial charge in [0.2, 0.25) is 0 Å². The van der Waals surface area contributed by atoms with Gasteiger partial charge < -0.3 is 19.5 Å². The lowest BCUT2D eigenvalue weighted by atomic mass is 10.1. The van der Waals surface area contributed by atoms with Crippen LogP contribution in [0, 0.1) is 0 Å². The summed E-state index contributed by atoms with van der Waals surface area (Å²) in [6, 6.07) is 17.3. The molecule has 1 fully saturated rings. The number of carbonyl (C=O) groups is 2. The standard InChI is InChI=1S/C25H21BrN2O5S/c1-3-32-23(29)14-33-21-13-18(26)16(11-20(21)31-2)12-22-24(30)28-25(34-22)27-19-10-6-8-15-7-4-5-9-17(15)19/h4-13H,3,14H2,1-2H3,(H,27,28,30). The number of carbonyl (C=O) groups excluding carboxylic acids is 2. The number of halogens is 1. The number of hydrogen-bond donors (Lipinski definition) is 1. The summed E-state index contributed by atoms with van der Waals surface area (Å²) in [7, 11) is 1.50. The van der Waals surface area contributed by atoms with E-state index in [4.69, 9.17) is 14.2 Å². The van der Waals surface area contributed by atoms with Gasteiger partial charge >= 0.3 is 5.97 Å². The second-order valence-electron chi connectivity index (χ2n) is 7.10. The summed E-state index contributed by atoms with van der Waals surface area (Å²) in [6.45, 7) is 1.77. The van der Waals surface area contributed by atoms with Crippen molar-refractivity contribution >= 4 is 67.3 Å². The third-order valence-corrected chi connectivity index (χ3v) is 6.46. The smallest absolute Gasteiger partial charge is 0.344 e. The Labute approximate surface area is 209 Å². The first-order valence-electron chi connectivity index (χ1n) is 10.4. The van der Waals surface area contributed by atoms with Crippen LogP contribution in [0.1, 0.15) is 12.5 Å². The number of methoxy groups -OCH3 is 1. The van der Waals surface area contributed by atoms with Gasteiger partial charge in [-0.05, 0) is 53.9 Å². The van der Waals surface area contributed by atoms with Crippen molar-refractivity contribution in [1.29, 1.82) is 0 Å². The van der Waals surface area contributed by atoms with Crippen molar-refractivity contribution in [3.05, 3.63) is 69.5 Å². The first kappa shape index (κ1) is 23.8. The molecular weight excluding hydrogens is 520 g/mol. The van der Waals surface area contributed by atoms with Crippen LogP contribution in [0.5, 0.6) is 11.5 Å². The van der Waals surface area contributed by atoms with Crippen molar-refractivity contribution in [3.8, 4) is 11.5 Å². The topological polar surface area (TPSA) is 86.2 Å². The number of aliphatic imine (C=N–C) groups is 1. The molecule has 0 saturated carbocycles. The maximum atomic E-state index is 12.6. The van der Waals surface area contributed by atoms with Gasteiger partial charge in [0.25, 0.3) is 5.91 Å². The number of fused-ring (bicyclic) bond motifs is 1. The van der Waals surface area contributed by atoms with Crippen LogP contribution in [-0.4, -0.2) is 37.4 Å². The second-order valence-corrected chi connectivity index (χ2v) is 8.98. The highest BCUT2D eigenvalue weighted by Gasteiger charge is 2.25. The summed E-state index contributed by atoms with van der Waals surface area (Å²) in [5.41, 5.74) is 1.50. The minimum Gasteiger partial charge on any atom is -0.493 e. The quantitative estimate of drug-likeness (QED) is 0.317. The molecule has 0 radical (unpaired) electrons. The van der Waals surface area contributed by atoms with Crippen LogP contribution in [0.4, 0.5) is 5.69 Å². The van der Waals surface area contributed by atoms with E-state index in [2.05, 4.69) is 26.2 Å². The van der Waals surface area contributed by atoms with Crippen molar-refractivity contribution in [3.63, 3.8) is 0 Å². The van der Waals surface area contributed by atoms with Gasteiger partial charge in [-0.3, -0.25) is 4.79 Å². The van der Waals surface area contributed by atoms with Crippen LogP contribution in [0.3, 0.4) is 0 Å². The van der Waals surface area contributed by atoms with Crippen LogP contribution in [0.2, 0.25) is 0 Å². The summed E-state index contributed by atoms with van der Waals surface area (Å²) < 4.78 is 16.5. The number of rotatable bonds is 7. The molecule has 0 aliphatic carbocycles. The monoisotopic (exact) mass is 540 g/mol.